The predicted molar refractivity (Wildman–Crippen MR) is 67.6 cm³/mol. The van der Waals surface area contributed by atoms with Gasteiger partial charge in [0.2, 0.25) is 0 Å². The van der Waals surface area contributed by atoms with E-state index in [1.165, 1.54) is 11.1 Å². The average Bonchev–Trinajstić information content (AvgIpc) is 2.95. The summed E-state index contributed by atoms with van der Waals surface area (Å²) in [6.07, 6.45) is 5.12. The van der Waals surface area contributed by atoms with Gasteiger partial charge in [0.1, 0.15) is 0 Å². The molecule has 2 rings (SSSR count). The van der Waals surface area contributed by atoms with Gasteiger partial charge in [0, 0.05) is 24.8 Å². The van der Waals surface area contributed by atoms with Crippen LogP contribution in [0.1, 0.15) is 18.1 Å². The number of hydrogen-bond acceptors (Lipinski definition) is 3. The summed E-state index contributed by atoms with van der Waals surface area (Å²) in [6, 6.07) is 2.17. The first kappa shape index (κ1) is 11.4. The summed E-state index contributed by atoms with van der Waals surface area (Å²) in [5, 5.41) is 12.0. The van der Waals surface area contributed by atoms with E-state index in [0.29, 0.717) is 0 Å². The lowest BCUT2D eigenvalue weighted by molar-refractivity contribution is 0.614. The van der Waals surface area contributed by atoms with Gasteiger partial charge >= 0.3 is 0 Å². The fraction of sp³-hybridized carbons (Fsp3) is 0.417. The quantitative estimate of drug-likeness (QED) is 0.832. The molecule has 0 aromatic carbocycles. The molecule has 1 N–H and O–H groups in total. The van der Waals surface area contributed by atoms with Crippen LogP contribution in [0.25, 0.3) is 0 Å². The van der Waals surface area contributed by atoms with Crippen LogP contribution in [0.2, 0.25) is 0 Å². The van der Waals surface area contributed by atoms with Gasteiger partial charge in [-0.25, -0.2) is 0 Å². The van der Waals surface area contributed by atoms with Crippen molar-refractivity contribution in [1.29, 1.82) is 0 Å². The fourth-order valence-corrected chi connectivity index (χ4v) is 2.27. The molecule has 0 spiro atoms. The van der Waals surface area contributed by atoms with E-state index in [1.807, 2.05) is 10.9 Å². The molecule has 0 aliphatic carbocycles. The van der Waals surface area contributed by atoms with E-state index in [-0.39, 0.29) is 0 Å². The van der Waals surface area contributed by atoms with Gasteiger partial charge in [0.05, 0.1) is 6.20 Å². The van der Waals surface area contributed by atoms with E-state index in [0.717, 1.165) is 26.1 Å². The molecule has 3 nitrogen and oxygen atoms in total. The van der Waals surface area contributed by atoms with Crippen molar-refractivity contribution >= 4 is 11.3 Å². The van der Waals surface area contributed by atoms with Crippen LogP contribution in [0.15, 0.2) is 29.2 Å². The summed E-state index contributed by atoms with van der Waals surface area (Å²) in [5.41, 5.74) is 2.65. The van der Waals surface area contributed by atoms with Crippen molar-refractivity contribution in [3.63, 3.8) is 0 Å². The van der Waals surface area contributed by atoms with Crippen LogP contribution >= 0.6 is 11.3 Å². The molecule has 16 heavy (non-hydrogen) atoms. The molecule has 0 fully saturated rings. The third kappa shape index (κ3) is 3.18. The SMILES string of the molecule is CCNCc1cnn(CCc2ccsc2)c1. The summed E-state index contributed by atoms with van der Waals surface area (Å²) in [7, 11) is 0. The Morgan fingerprint density at radius 1 is 1.44 bits per heavy atom. The molecule has 0 unspecified atom stereocenters. The number of nitrogens with one attached hydrogen (secondary N) is 1. The van der Waals surface area contributed by atoms with Crippen molar-refractivity contribution in [2.45, 2.75) is 26.4 Å². The van der Waals surface area contributed by atoms with Crippen LogP contribution in [0.3, 0.4) is 0 Å². The number of aryl methyl sites for hydroxylation is 2. The van der Waals surface area contributed by atoms with Gasteiger partial charge in [-0.15, -0.1) is 0 Å². The number of aromatic nitrogens is 2. The molecule has 0 saturated carbocycles. The Labute approximate surface area is 100 Å². The molecule has 0 amide bonds. The van der Waals surface area contributed by atoms with Crippen molar-refractivity contribution < 1.29 is 0 Å². The van der Waals surface area contributed by atoms with Gasteiger partial charge in [-0.2, -0.15) is 16.4 Å². The van der Waals surface area contributed by atoms with Crippen molar-refractivity contribution in [1.82, 2.24) is 15.1 Å². The van der Waals surface area contributed by atoms with Crippen LogP contribution < -0.4 is 5.32 Å². The Bertz CT molecular complexity index is 406. The summed E-state index contributed by atoms with van der Waals surface area (Å²) < 4.78 is 2.02. The maximum absolute atomic E-state index is 4.35. The largest absolute Gasteiger partial charge is 0.313 e. The lowest BCUT2D eigenvalue weighted by Gasteiger charge is -1.99. The Morgan fingerprint density at radius 3 is 3.12 bits per heavy atom. The second-order valence-electron chi connectivity index (χ2n) is 3.77. The van der Waals surface area contributed by atoms with Crippen LogP contribution in [0, 0.1) is 0 Å². The smallest absolute Gasteiger partial charge is 0.0534 e. The lowest BCUT2D eigenvalue weighted by Crippen LogP contribution is -2.11. The first-order valence-corrected chi connectivity index (χ1v) is 6.56. The third-order valence-electron chi connectivity index (χ3n) is 2.48. The summed E-state index contributed by atoms with van der Waals surface area (Å²) >= 11 is 1.75. The summed E-state index contributed by atoms with van der Waals surface area (Å²) in [5.74, 6) is 0. The van der Waals surface area contributed by atoms with Crippen molar-refractivity contribution in [3.05, 3.63) is 40.3 Å². The van der Waals surface area contributed by atoms with Crippen LogP contribution in [0.4, 0.5) is 0 Å². The maximum atomic E-state index is 4.35. The summed E-state index contributed by atoms with van der Waals surface area (Å²) in [4.78, 5) is 0. The highest BCUT2D eigenvalue weighted by Crippen LogP contribution is 2.07. The molecular weight excluding hydrogens is 218 g/mol. The first-order chi connectivity index (χ1) is 7.88. The highest BCUT2D eigenvalue weighted by molar-refractivity contribution is 7.07. The standard InChI is InChI=1S/C12H17N3S/c1-2-13-7-12-8-14-15(9-12)5-3-11-4-6-16-10-11/h4,6,8-10,13H,2-3,5,7H2,1H3. The zero-order chi connectivity index (χ0) is 11.2. The molecular formula is C12H17N3S. The zero-order valence-electron chi connectivity index (χ0n) is 9.52. The molecule has 0 atom stereocenters. The Kier molecular flexibility index (Phi) is 4.13. The monoisotopic (exact) mass is 235 g/mol. The minimum Gasteiger partial charge on any atom is -0.313 e. The Morgan fingerprint density at radius 2 is 2.38 bits per heavy atom. The second-order valence-corrected chi connectivity index (χ2v) is 4.55. The van der Waals surface area contributed by atoms with Crippen LogP contribution in [-0.2, 0) is 19.5 Å². The predicted octanol–water partition coefficient (Wildman–Crippen LogP) is 2.30. The van der Waals surface area contributed by atoms with E-state index in [1.54, 1.807) is 11.3 Å². The van der Waals surface area contributed by atoms with E-state index < -0.39 is 0 Å². The molecule has 0 radical (unpaired) electrons. The zero-order valence-corrected chi connectivity index (χ0v) is 10.3. The van der Waals surface area contributed by atoms with Crippen molar-refractivity contribution in [3.8, 4) is 0 Å². The summed E-state index contributed by atoms with van der Waals surface area (Å²) in [6.45, 7) is 4.99. The molecule has 0 saturated heterocycles. The van der Waals surface area contributed by atoms with Crippen molar-refractivity contribution in [2.75, 3.05) is 6.54 Å². The fourth-order valence-electron chi connectivity index (χ4n) is 1.57. The Hall–Kier alpha value is -1.13. The lowest BCUT2D eigenvalue weighted by atomic mass is 10.2. The number of rotatable bonds is 6. The molecule has 0 aliphatic heterocycles. The van der Waals surface area contributed by atoms with Gasteiger partial charge in [-0.3, -0.25) is 4.68 Å². The molecule has 2 aromatic heterocycles. The van der Waals surface area contributed by atoms with Gasteiger partial charge in [0.25, 0.3) is 0 Å². The molecule has 0 bridgehead atoms. The molecule has 2 heterocycles. The number of nitrogens with zero attached hydrogens (tertiary/aromatic N) is 2. The van der Waals surface area contributed by atoms with E-state index in [2.05, 4.69) is 40.4 Å². The van der Waals surface area contributed by atoms with E-state index in [4.69, 9.17) is 0 Å². The van der Waals surface area contributed by atoms with Gasteiger partial charge in [0.15, 0.2) is 0 Å². The van der Waals surface area contributed by atoms with E-state index in [9.17, 15) is 0 Å². The van der Waals surface area contributed by atoms with E-state index >= 15 is 0 Å². The third-order valence-corrected chi connectivity index (χ3v) is 3.21. The molecule has 0 aliphatic rings. The van der Waals surface area contributed by atoms with Crippen LogP contribution in [0.5, 0.6) is 0 Å². The van der Waals surface area contributed by atoms with Crippen LogP contribution in [-0.4, -0.2) is 16.3 Å². The highest BCUT2D eigenvalue weighted by atomic mass is 32.1. The Balaban J connectivity index is 1.83. The number of thiophene rings is 1. The maximum Gasteiger partial charge on any atom is 0.0534 e. The molecule has 4 heteroatoms. The molecule has 2 aromatic rings. The minimum atomic E-state index is 0.912. The van der Waals surface area contributed by atoms with Gasteiger partial charge < -0.3 is 5.32 Å². The average molecular weight is 235 g/mol. The van der Waals surface area contributed by atoms with Gasteiger partial charge in [-0.05, 0) is 35.4 Å². The minimum absolute atomic E-state index is 0.912. The van der Waals surface area contributed by atoms with Gasteiger partial charge in [-0.1, -0.05) is 6.92 Å². The second kappa shape index (κ2) is 5.82. The first-order valence-electron chi connectivity index (χ1n) is 5.61. The topological polar surface area (TPSA) is 29.9 Å². The highest BCUT2D eigenvalue weighted by Gasteiger charge is 1.99. The number of hydrogen-bond donors (Lipinski definition) is 1. The molecule has 86 valence electrons. The van der Waals surface area contributed by atoms with Crippen molar-refractivity contribution in [2.24, 2.45) is 0 Å². The normalized spacial score (nSPS) is 10.8.